The first-order valence-electron chi connectivity index (χ1n) is 8.18. The Morgan fingerprint density at radius 3 is 2.85 bits per heavy atom. The highest BCUT2D eigenvalue weighted by molar-refractivity contribution is 5.82. The smallest absolute Gasteiger partial charge is 0.264 e. The molecule has 9 heteroatoms. The van der Waals surface area contributed by atoms with Crippen molar-refractivity contribution in [3.8, 4) is 5.82 Å². The number of nitrogens with zero attached hydrogens (tertiary/aromatic N) is 6. The van der Waals surface area contributed by atoms with Crippen LogP contribution in [0.3, 0.4) is 0 Å². The summed E-state index contributed by atoms with van der Waals surface area (Å²) in [5.41, 5.74) is 0.902. The van der Waals surface area contributed by atoms with Gasteiger partial charge in [0.05, 0.1) is 22.8 Å². The van der Waals surface area contributed by atoms with Gasteiger partial charge < -0.3 is 4.74 Å². The lowest BCUT2D eigenvalue weighted by Gasteiger charge is -2.14. The van der Waals surface area contributed by atoms with E-state index < -0.39 is 17.0 Å². The van der Waals surface area contributed by atoms with Gasteiger partial charge in [0.25, 0.3) is 5.56 Å². The summed E-state index contributed by atoms with van der Waals surface area (Å²) < 4.78 is 24.5. The van der Waals surface area contributed by atoms with Gasteiger partial charge in [-0.1, -0.05) is 11.3 Å². The van der Waals surface area contributed by atoms with Crippen LogP contribution in [0.4, 0.5) is 4.39 Å². The van der Waals surface area contributed by atoms with Crippen LogP contribution in [0.5, 0.6) is 0 Å². The van der Waals surface area contributed by atoms with Crippen LogP contribution in [0.25, 0.3) is 22.4 Å². The summed E-state index contributed by atoms with van der Waals surface area (Å²) in [5, 5.41) is 8.19. The van der Waals surface area contributed by atoms with Gasteiger partial charge in [0.1, 0.15) is 17.7 Å². The highest BCUT2D eigenvalue weighted by Crippen LogP contribution is 2.48. The first-order chi connectivity index (χ1) is 12.6. The highest BCUT2D eigenvalue weighted by Gasteiger charge is 2.48. The van der Waals surface area contributed by atoms with Crippen LogP contribution in [-0.2, 0) is 17.4 Å². The van der Waals surface area contributed by atoms with E-state index in [1.807, 2.05) is 0 Å². The largest absolute Gasteiger partial charge is 0.372 e. The minimum absolute atomic E-state index is 0.0285. The molecule has 1 aliphatic carbocycles. The van der Waals surface area contributed by atoms with Gasteiger partial charge in [-0.05, 0) is 25.0 Å². The van der Waals surface area contributed by atoms with E-state index in [0.29, 0.717) is 17.0 Å². The molecule has 1 saturated carbocycles. The molecule has 0 spiro atoms. The minimum atomic E-state index is -0.557. The number of aryl methyl sites for hydroxylation is 1. The number of halogens is 1. The molecule has 0 N–H and O–H groups in total. The number of rotatable bonds is 3. The molecule has 5 rings (SSSR count). The molecule has 0 radical (unpaired) electrons. The van der Waals surface area contributed by atoms with Crippen molar-refractivity contribution in [1.29, 1.82) is 0 Å². The van der Waals surface area contributed by atoms with Crippen LogP contribution in [0.2, 0.25) is 0 Å². The van der Waals surface area contributed by atoms with Gasteiger partial charge >= 0.3 is 0 Å². The molecule has 0 amide bonds. The summed E-state index contributed by atoms with van der Waals surface area (Å²) >= 11 is 0. The number of methoxy groups -OCH3 is 1. The topological polar surface area (TPSA) is 79.2 Å². The summed E-state index contributed by atoms with van der Waals surface area (Å²) in [4.78, 5) is 17.2. The molecule has 1 fully saturated rings. The number of benzene rings is 1. The van der Waals surface area contributed by atoms with Crippen molar-refractivity contribution < 1.29 is 9.13 Å². The quantitative estimate of drug-likeness (QED) is 0.558. The summed E-state index contributed by atoms with van der Waals surface area (Å²) in [6, 6.07) is 4.54. The van der Waals surface area contributed by atoms with Crippen LogP contribution >= 0.6 is 0 Å². The van der Waals surface area contributed by atoms with Crippen molar-refractivity contribution in [2.75, 3.05) is 7.11 Å². The van der Waals surface area contributed by atoms with Crippen LogP contribution in [0.1, 0.15) is 18.5 Å². The molecular weight excluding hydrogens is 339 g/mol. The maximum Gasteiger partial charge on any atom is 0.264 e. The monoisotopic (exact) mass is 354 g/mol. The second kappa shape index (κ2) is 4.98. The van der Waals surface area contributed by atoms with Crippen molar-refractivity contribution in [2.45, 2.75) is 18.4 Å². The predicted molar refractivity (Wildman–Crippen MR) is 90.7 cm³/mol. The van der Waals surface area contributed by atoms with Crippen LogP contribution < -0.4 is 5.56 Å². The average Bonchev–Trinajstić information content (AvgIpc) is 3.07. The molecular formula is C17H15FN6O2. The SMILES string of the molecule is COC1(c2cnnn2-c2ncn3c4cccc(F)c4c(=O)n(C)c23)CC1. The Morgan fingerprint density at radius 2 is 2.12 bits per heavy atom. The van der Waals surface area contributed by atoms with E-state index in [9.17, 15) is 9.18 Å². The number of hydrogen-bond acceptors (Lipinski definition) is 5. The summed E-state index contributed by atoms with van der Waals surface area (Å²) in [7, 11) is 3.25. The fraction of sp³-hybridized carbons (Fsp3) is 0.294. The zero-order chi connectivity index (χ0) is 18.1. The Kier molecular flexibility index (Phi) is 2.91. The maximum absolute atomic E-state index is 14.2. The van der Waals surface area contributed by atoms with Gasteiger partial charge in [-0.3, -0.25) is 13.8 Å². The lowest BCUT2D eigenvalue weighted by molar-refractivity contribution is 0.0729. The van der Waals surface area contributed by atoms with Crippen LogP contribution in [0.15, 0.2) is 35.5 Å². The number of hydrogen-bond donors (Lipinski definition) is 0. The molecule has 0 saturated heterocycles. The molecule has 8 nitrogen and oxygen atoms in total. The van der Waals surface area contributed by atoms with Crippen molar-refractivity contribution in [3.63, 3.8) is 0 Å². The highest BCUT2D eigenvalue weighted by atomic mass is 19.1. The lowest BCUT2D eigenvalue weighted by Crippen LogP contribution is -2.22. The van der Waals surface area contributed by atoms with E-state index in [0.717, 1.165) is 18.5 Å². The van der Waals surface area contributed by atoms with E-state index in [1.165, 1.54) is 10.6 Å². The van der Waals surface area contributed by atoms with E-state index in [-0.39, 0.29) is 5.39 Å². The van der Waals surface area contributed by atoms with Gasteiger partial charge in [0.15, 0.2) is 11.5 Å². The Labute approximate surface area is 146 Å². The standard InChI is InChI=1S/C17H15FN6O2/c1-22-15-14(24-12(8-20-21-24)17(26-2)6-7-17)19-9-23(15)11-5-3-4-10(18)13(11)16(22)25/h3-5,8-9H,6-7H2,1-2H3. The third kappa shape index (κ3) is 1.80. The minimum Gasteiger partial charge on any atom is -0.372 e. The zero-order valence-corrected chi connectivity index (χ0v) is 14.2. The van der Waals surface area contributed by atoms with Crippen molar-refractivity contribution in [1.82, 2.24) is 28.9 Å². The van der Waals surface area contributed by atoms with E-state index in [1.54, 1.807) is 47.9 Å². The number of ether oxygens (including phenoxy) is 1. The second-order valence-electron chi connectivity index (χ2n) is 6.49. The van der Waals surface area contributed by atoms with Gasteiger partial charge in [-0.15, -0.1) is 5.10 Å². The normalized spacial score (nSPS) is 15.8. The zero-order valence-electron chi connectivity index (χ0n) is 14.2. The summed E-state index contributed by atoms with van der Waals surface area (Å²) in [6.45, 7) is 0. The molecule has 0 bridgehead atoms. The lowest BCUT2D eigenvalue weighted by atomic mass is 10.2. The van der Waals surface area contributed by atoms with E-state index in [2.05, 4.69) is 15.3 Å². The molecule has 3 heterocycles. The molecule has 4 aromatic rings. The number of aromatic nitrogens is 6. The molecule has 132 valence electrons. The third-order valence-corrected chi connectivity index (χ3v) is 5.12. The van der Waals surface area contributed by atoms with Crippen LogP contribution in [-0.4, -0.2) is 36.1 Å². The van der Waals surface area contributed by atoms with Crippen molar-refractivity contribution in [2.24, 2.45) is 7.05 Å². The number of fused-ring (bicyclic) bond motifs is 3. The first-order valence-corrected chi connectivity index (χ1v) is 8.18. The van der Waals surface area contributed by atoms with Crippen molar-refractivity contribution >= 4 is 16.6 Å². The average molecular weight is 354 g/mol. The summed E-state index contributed by atoms with van der Waals surface area (Å²) in [6.07, 6.45) is 4.95. The fourth-order valence-corrected chi connectivity index (χ4v) is 3.54. The number of imidazole rings is 1. The Morgan fingerprint density at radius 1 is 1.31 bits per heavy atom. The molecule has 1 aromatic carbocycles. The van der Waals surface area contributed by atoms with Crippen LogP contribution in [0, 0.1) is 5.82 Å². The second-order valence-corrected chi connectivity index (χ2v) is 6.49. The summed E-state index contributed by atoms with van der Waals surface area (Å²) in [5.74, 6) is -0.107. The molecule has 0 aliphatic heterocycles. The molecule has 0 unspecified atom stereocenters. The Bertz CT molecular complexity index is 1230. The molecule has 3 aromatic heterocycles. The van der Waals surface area contributed by atoms with Gasteiger partial charge in [-0.25, -0.2) is 9.37 Å². The van der Waals surface area contributed by atoms with Crippen molar-refractivity contribution in [3.05, 3.63) is 52.6 Å². The molecule has 1 aliphatic rings. The molecule has 26 heavy (non-hydrogen) atoms. The van der Waals surface area contributed by atoms with E-state index >= 15 is 0 Å². The van der Waals surface area contributed by atoms with Gasteiger partial charge in [0, 0.05) is 14.2 Å². The predicted octanol–water partition coefficient (Wildman–Crippen LogP) is 1.54. The fourth-order valence-electron chi connectivity index (χ4n) is 3.54. The maximum atomic E-state index is 14.2. The Hall–Kier alpha value is -3.07. The third-order valence-electron chi connectivity index (χ3n) is 5.12. The van der Waals surface area contributed by atoms with Gasteiger partial charge in [0.2, 0.25) is 0 Å². The van der Waals surface area contributed by atoms with Gasteiger partial charge in [-0.2, -0.15) is 4.68 Å². The molecule has 0 atom stereocenters. The van der Waals surface area contributed by atoms with E-state index in [4.69, 9.17) is 4.74 Å². The Balaban J connectivity index is 1.87. The first kappa shape index (κ1) is 15.2.